The molecule has 2 aromatic carbocycles. The zero-order valence-corrected chi connectivity index (χ0v) is 21.2. The third-order valence-corrected chi connectivity index (χ3v) is 6.86. The van der Waals surface area contributed by atoms with Gasteiger partial charge in [-0.2, -0.15) is 0 Å². The van der Waals surface area contributed by atoms with Gasteiger partial charge in [-0.3, -0.25) is 9.36 Å². The van der Waals surface area contributed by atoms with E-state index in [1.165, 1.54) is 11.3 Å². The SMILES string of the molecule is CCOC(=O)C1=C(C)N=c2s/c(=C\c3cccc(Br)c3)c(=O)n2C1c1ccc(N(C)C)cc1. The van der Waals surface area contributed by atoms with E-state index in [1.54, 1.807) is 18.4 Å². The van der Waals surface area contributed by atoms with E-state index in [-0.39, 0.29) is 12.2 Å². The summed E-state index contributed by atoms with van der Waals surface area (Å²) < 4.78 is 8.44. The molecule has 0 amide bonds. The van der Waals surface area contributed by atoms with Crippen molar-refractivity contribution in [3.8, 4) is 0 Å². The molecule has 0 saturated heterocycles. The molecule has 2 heterocycles. The molecule has 0 N–H and O–H groups in total. The zero-order chi connectivity index (χ0) is 23.7. The maximum Gasteiger partial charge on any atom is 0.338 e. The number of allylic oxidation sites excluding steroid dienone is 1. The van der Waals surface area contributed by atoms with Gasteiger partial charge in [0.15, 0.2) is 4.80 Å². The van der Waals surface area contributed by atoms with Crippen LogP contribution in [0.3, 0.4) is 0 Å². The molecule has 0 bridgehead atoms. The summed E-state index contributed by atoms with van der Waals surface area (Å²) in [6.07, 6.45) is 1.85. The van der Waals surface area contributed by atoms with Gasteiger partial charge in [-0.25, -0.2) is 9.79 Å². The number of nitrogens with zero attached hydrogens (tertiary/aromatic N) is 3. The van der Waals surface area contributed by atoms with Crippen molar-refractivity contribution >= 4 is 45.0 Å². The van der Waals surface area contributed by atoms with Crippen LogP contribution < -0.4 is 19.8 Å². The van der Waals surface area contributed by atoms with Crippen molar-refractivity contribution in [1.82, 2.24) is 4.57 Å². The maximum absolute atomic E-state index is 13.6. The molecule has 1 aliphatic rings. The number of hydrogen-bond acceptors (Lipinski definition) is 6. The van der Waals surface area contributed by atoms with Gasteiger partial charge in [0.25, 0.3) is 5.56 Å². The number of rotatable bonds is 5. The summed E-state index contributed by atoms with van der Waals surface area (Å²) in [6.45, 7) is 3.80. The van der Waals surface area contributed by atoms with E-state index in [4.69, 9.17) is 4.74 Å². The Morgan fingerprint density at radius 1 is 1.24 bits per heavy atom. The van der Waals surface area contributed by atoms with Crippen LogP contribution in [0.1, 0.15) is 31.0 Å². The van der Waals surface area contributed by atoms with Crippen LogP contribution in [0.15, 0.2) is 74.1 Å². The third kappa shape index (κ3) is 4.58. The Hall–Kier alpha value is -2.97. The van der Waals surface area contributed by atoms with Crippen LogP contribution in [0.4, 0.5) is 5.69 Å². The Morgan fingerprint density at radius 3 is 2.61 bits per heavy atom. The molecule has 0 radical (unpaired) electrons. The van der Waals surface area contributed by atoms with Crippen molar-refractivity contribution in [3.05, 3.63) is 95.1 Å². The van der Waals surface area contributed by atoms with Crippen LogP contribution in [0, 0.1) is 0 Å². The fourth-order valence-electron chi connectivity index (χ4n) is 3.81. The zero-order valence-electron chi connectivity index (χ0n) is 18.8. The fourth-order valence-corrected chi connectivity index (χ4v) is 5.27. The molecule has 4 rings (SSSR count). The largest absolute Gasteiger partial charge is 0.463 e. The van der Waals surface area contributed by atoms with Crippen LogP contribution in [0.25, 0.3) is 6.08 Å². The average molecular weight is 526 g/mol. The molecule has 0 spiro atoms. The molecule has 1 unspecified atom stereocenters. The summed E-state index contributed by atoms with van der Waals surface area (Å²) in [7, 11) is 3.93. The summed E-state index contributed by atoms with van der Waals surface area (Å²) in [5.41, 5.74) is 3.52. The molecule has 0 saturated carbocycles. The molecule has 1 aromatic heterocycles. The number of anilines is 1. The van der Waals surface area contributed by atoms with E-state index in [0.29, 0.717) is 20.6 Å². The number of aromatic nitrogens is 1. The molecule has 0 aliphatic carbocycles. The molecule has 0 fully saturated rings. The van der Waals surface area contributed by atoms with Crippen molar-refractivity contribution in [1.29, 1.82) is 0 Å². The Morgan fingerprint density at radius 2 is 1.97 bits per heavy atom. The smallest absolute Gasteiger partial charge is 0.338 e. The molecule has 6 nitrogen and oxygen atoms in total. The van der Waals surface area contributed by atoms with Gasteiger partial charge < -0.3 is 9.64 Å². The first-order valence-electron chi connectivity index (χ1n) is 10.5. The second-order valence-electron chi connectivity index (χ2n) is 7.84. The van der Waals surface area contributed by atoms with Crippen LogP contribution in [0.5, 0.6) is 0 Å². The number of ether oxygens (including phenoxy) is 1. The van der Waals surface area contributed by atoms with Gasteiger partial charge in [0.1, 0.15) is 0 Å². The van der Waals surface area contributed by atoms with Crippen LogP contribution in [0.2, 0.25) is 0 Å². The highest BCUT2D eigenvalue weighted by molar-refractivity contribution is 9.10. The second-order valence-corrected chi connectivity index (χ2v) is 9.77. The highest BCUT2D eigenvalue weighted by Crippen LogP contribution is 2.31. The van der Waals surface area contributed by atoms with E-state index in [0.717, 1.165) is 21.3 Å². The molecule has 8 heteroatoms. The van der Waals surface area contributed by atoms with E-state index < -0.39 is 12.0 Å². The lowest BCUT2D eigenvalue weighted by molar-refractivity contribution is -0.139. The lowest BCUT2D eigenvalue weighted by Crippen LogP contribution is -2.39. The summed E-state index contributed by atoms with van der Waals surface area (Å²) in [5, 5.41) is 0. The van der Waals surface area contributed by atoms with E-state index in [9.17, 15) is 9.59 Å². The van der Waals surface area contributed by atoms with Crippen LogP contribution >= 0.6 is 27.3 Å². The number of hydrogen-bond donors (Lipinski definition) is 0. The Bertz CT molecular complexity index is 1420. The van der Waals surface area contributed by atoms with Gasteiger partial charge in [0.05, 0.1) is 28.5 Å². The molecular formula is C25H24BrN3O3S. The molecule has 3 aromatic rings. The third-order valence-electron chi connectivity index (χ3n) is 5.39. The minimum atomic E-state index is -0.610. The highest BCUT2D eigenvalue weighted by atomic mass is 79.9. The molecular weight excluding hydrogens is 502 g/mol. The standard InChI is InChI=1S/C25H24BrN3O3S/c1-5-32-24(31)21-15(2)27-25-29(22(21)17-9-11-19(12-10-17)28(3)4)23(30)20(33-25)14-16-7-6-8-18(26)13-16/h6-14,22H,5H2,1-4H3/b20-14-. The number of benzene rings is 2. The fraction of sp³-hybridized carbons (Fsp3) is 0.240. The van der Waals surface area contributed by atoms with Gasteiger partial charge in [-0.15, -0.1) is 0 Å². The minimum Gasteiger partial charge on any atom is -0.463 e. The first-order chi connectivity index (χ1) is 15.8. The van der Waals surface area contributed by atoms with Gasteiger partial charge in [-0.05, 0) is 55.3 Å². The number of halogens is 1. The van der Waals surface area contributed by atoms with Gasteiger partial charge in [-0.1, -0.05) is 51.5 Å². The Kier molecular flexibility index (Phi) is 6.67. The first kappa shape index (κ1) is 23.2. The van der Waals surface area contributed by atoms with E-state index >= 15 is 0 Å². The summed E-state index contributed by atoms with van der Waals surface area (Å²) in [6, 6.07) is 15.0. The highest BCUT2D eigenvalue weighted by Gasteiger charge is 2.33. The second kappa shape index (κ2) is 9.49. The number of esters is 1. The molecule has 1 aliphatic heterocycles. The van der Waals surface area contributed by atoms with Crippen molar-refractivity contribution < 1.29 is 9.53 Å². The monoisotopic (exact) mass is 525 g/mol. The molecule has 33 heavy (non-hydrogen) atoms. The quantitative estimate of drug-likeness (QED) is 0.477. The Labute approximate surface area is 204 Å². The number of fused-ring (bicyclic) bond motifs is 1. The van der Waals surface area contributed by atoms with Gasteiger partial charge in [0, 0.05) is 24.3 Å². The average Bonchev–Trinajstić information content (AvgIpc) is 3.07. The molecule has 170 valence electrons. The van der Waals surface area contributed by atoms with Crippen molar-refractivity contribution in [2.75, 3.05) is 25.6 Å². The topological polar surface area (TPSA) is 63.9 Å². The van der Waals surface area contributed by atoms with Crippen molar-refractivity contribution in [3.63, 3.8) is 0 Å². The van der Waals surface area contributed by atoms with Crippen LogP contribution in [-0.4, -0.2) is 31.2 Å². The van der Waals surface area contributed by atoms with E-state index in [2.05, 4.69) is 20.9 Å². The summed E-state index contributed by atoms with van der Waals surface area (Å²) in [4.78, 5) is 33.7. The Balaban J connectivity index is 1.94. The van der Waals surface area contributed by atoms with Gasteiger partial charge in [0.2, 0.25) is 0 Å². The minimum absolute atomic E-state index is 0.185. The number of carbonyl (C=O) groups excluding carboxylic acids is 1. The summed E-state index contributed by atoms with van der Waals surface area (Å²) >= 11 is 4.79. The van der Waals surface area contributed by atoms with Crippen molar-refractivity contribution in [2.45, 2.75) is 19.9 Å². The lowest BCUT2D eigenvalue weighted by Gasteiger charge is -2.25. The predicted octanol–water partition coefficient (Wildman–Crippen LogP) is 3.63. The predicted molar refractivity (Wildman–Crippen MR) is 135 cm³/mol. The van der Waals surface area contributed by atoms with Crippen LogP contribution in [-0.2, 0) is 9.53 Å². The summed E-state index contributed by atoms with van der Waals surface area (Å²) in [5.74, 6) is -0.457. The normalized spacial score (nSPS) is 15.8. The first-order valence-corrected chi connectivity index (χ1v) is 12.1. The lowest BCUT2D eigenvalue weighted by atomic mass is 9.95. The number of thiazole rings is 1. The van der Waals surface area contributed by atoms with Gasteiger partial charge >= 0.3 is 5.97 Å². The molecule has 1 atom stereocenters. The number of carbonyl (C=O) groups is 1. The maximum atomic E-state index is 13.6. The van der Waals surface area contributed by atoms with E-state index in [1.807, 2.05) is 73.6 Å². The van der Waals surface area contributed by atoms with Crippen molar-refractivity contribution in [2.24, 2.45) is 4.99 Å².